The summed E-state index contributed by atoms with van der Waals surface area (Å²) >= 11 is 1.42. The van der Waals surface area contributed by atoms with Gasteiger partial charge >= 0.3 is 0 Å². The van der Waals surface area contributed by atoms with Crippen molar-refractivity contribution >= 4 is 28.3 Å². The van der Waals surface area contributed by atoms with Crippen LogP contribution in [0, 0.1) is 19.7 Å². The molecule has 0 radical (unpaired) electrons. The van der Waals surface area contributed by atoms with E-state index in [-0.39, 0.29) is 30.0 Å². The van der Waals surface area contributed by atoms with Gasteiger partial charge in [0.2, 0.25) is 5.91 Å². The molecule has 1 aliphatic rings. The molecule has 2 aromatic rings. The second kappa shape index (κ2) is 8.61. The van der Waals surface area contributed by atoms with Crippen molar-refractivity contribution in [3.63, 3.8) is 0 Å². The largest absolute Gasteiger partial charge is 0.326 e. The van der Waals surface area contributed by atoms with Gasteiger partial charge in [-0.05, 0) is 44.9 Å². The first-order chi connectivity index (χ1) is 12.9. The van der Waals surface area contributed by atoms with Crippen LogP contribution < -0.4 is 5.32 Å². The molecule has 0 atom stereocenters. The van der Waals surface area contributed by atoms with Crippen molar-refractivity contribution < 1.29 is 14.0 Å². The van der Waals surface area contributed by atoms with Crippen LogP contribution in [0.1, 0.15) is 53.0 Å². The Morgan fingerprint density at radius 3 is 2.63 bits per heavy atom. The lowest BCUT2D eigenvalue weighted by atomic mass is 9.93. The first-order valence-corrected chi connectivity index (χ1v) is 10.1. The van der Waals surface area contributed by atoms with Crippen LogP contribution in [0.15, 0.2) is 24.3 Å². The van der Waals surface area contributed by atoms with Gasteiger partial charge in [-0.15, -0.1) is 11.3 Å². The van der Waals surface area contributed by atoms with Gasteiger partial charge in [-0.2, -0.15) is 0 Å². The monoisotopic (exact) mass is 389 g/mol. The zero-order valence-electron chi connectivity index (χ0n) is 15.6. The summed E-state index contributed by atoms with van der Waals surface area (Å²) in [6.07, 6.45) is 4.93. The number of halogens is 1. The van der Waals surface area contributed by atoms with E-state index < -0.39 is 5.82 Å². The molecule has 1 saturated carbocycles. The molecule has 1 fully saturated rings. The molecule has 1 heterocycles. The van der Waals surface area contributed by atoms with Gasteiger partial charge in [0.05, 0.1) is 5.69 Å². The number of nitrogens with zero attached hydrogens (tertiary/aromatic N) is 2. The van der Waals surface area contributed by atoms with E-state index in [9.17, 15) is 14.0 Å². The minimum atomic E-state index is -0.456. The van der Waals surface area contributed by atoms with Gasteiger partial charge in [0, 0.05) is 16.5 Å². The SMILES string of the molecule is Cc1nc(NC(=O)CN(C(=O)c2cccc(F)c2)C2CCCCC2)sc1C. The first-order valence-electron chi connectivity index (χ1n) is 9.24. The molecule has 0 aliphatic heterocycles. The molecule has 1 N–H and O–H groups in total. The van der Waals surface area contributed by atoms with Crippen molar-refractivity contribution in [1.82, 2.24) is 9.88 Å². The number of thiazole rings is 1. The predicted molar refractivity (Wildman–Crippen MR) is 105 cm³/mol. The third-order valence-corrected chi connectivity index (χ3v) is 5.93. The molecule has 144 valence electrons. The summed E-state index contributed by atoms with van der Waals surface area (Å²) in [5, 5.41) is 3.33. The van der Waals surface area contributed by atoms with E-state index in [2.05, 4.69) is 10.3 Å². The van der Waals surface area contributed by atoms with Gasteiger partial charge in [0.1, 0.15) is 12.4 Å². The van der Waals surface area contributed by atoms with Crippen molar-refractivity contribution in [3.8, 4) is 0 Å². The summed E-state index contributed by atoms with van der Waals surface area (Å²) in [6.45, 7) is 3.78. The minimum absolute atomic E-state index is 0.0000319. The number of aryl methyl sites for hydroxylation is 2. The second-order valence-corrected chi connectivity index (χ2v) is 8.15. The highest BCUT2D eigenvalue weighted by Crippen LogP contribution is 2.25. The number of anilines is 1. The van der Waals surface area contributed by atoms with E-state index in [1.165, 1.54) is 29.5 Å². The van der Waals surface area contributed by atoms with Gasteiger partial charge in [0.15, 0.2) is 5.13 Å². The maximum Gasteiger partial charge on any atom is 0.254 e. The molecular weight excluding hydrogens is 365 g/mol. The molecule has 1 aliphatic carbocycles. The molecule has 5 nitrogen and oxygen atoms in total. The van der Waals surface area contributed by atoms with E-state index in [0.29, 0.717) is 5.13 Å². The van der Waals surface area contributed by atoms with E-state index in [1.807, 2.05) is 13.8 Å². The molecule has 0 spiro atoms. The van der Waals surface area contributed by atoms with E-state index in [0.717, 1.165) is 42.7 Å². The van der Waals surface area contributed by atoms with Gasteiger partial charge in [-0.25, -0.2) is 9.37 Å². The molecule has 1 aromatic carbocycles. The van der Waals surface area contributed by atoms with E-state index in [1.54, 1.807) is 11.0 Å². The Morgan fingerprint density at radius 1 is 1.26 bits per heavy atom. The summed E-state index contributed by atoms with van der Waals surface area (Å²) < 4.78 is 13.6. The van der Waals surface area contributed by atoms with Crippen LogP contribution in [0.4, 0.5) is 9.52 Å². The second-order valence-electron chi connectivity index (χ2n) is 6.94. The molecule has 27 heavy (non-hydrogen) atoms. The number of amides is 2. The number of rotatable bonds is 5. The standard InChI is InChI=1S/C20H24FN3O2S/c1-13-14(2)27-20(22-13)23-18(25)12-24(17-9-4-3-5-10-17)19(26)15-7-6-8-16(21)11-15/h6-8,11,17H,3-5,9-10,12H2,1-2H3,(H,22,23,25). The Bertz CT molecular complexity index is 811. The minimum Gasteiger partial charge on any atom is -0.326 e. The van der Waals surface area contributed by atoms with Gasteiger partial charge < -0.3 is 10.2 Å². The highest BCUT2D eigenvalue weighted by Gasteiger charge is 2.28. The van der Waals surface area contributed by atoms with Gasteiger partial charge in [-0.3, -0.25) is 9.59 Å². The first kappa shape index (κ1) is 19.5. The summed E-state index contributed by atoms with van der Waals surface area (Å²) in [6, 6.07) is 5.64. The van der Waals surface area contributed by atoms with Crippen molar-refractivity contribution in [1.29, 1.82) is 0 Å². The highest BCUT2D eigenvalue weighted by molar-refractivity contribution is 7.15. The number of carbonyl (C=O) groups excluding carboxylic acids is 2. The van der Waals surface area contributed by atoms with Crippen molar-refractivity contribution in [3.05, 3.63) is 46.2 Å². The zero-order chi connectivity index (χ0) is 19.4. The van der Waals surface area contributed by atoms with Gasteiger partial charge in [-0.1, -0.05) is 25.3 Å². The fourth-order valence-corrected chi connectivity index (χ4v) is 4.22. The Labute approximate surface area is 162 Å². The van der Waals surface area contributed by atoms with Crippen molar-refractivity contribution in [2.24, 2.45) is 0 Å². The summed E-state index contributed by atoms with van der Waals surface area (Å²) in [5.41, 5.74) is 1.16. The number of hydrogen-bond donors (Lipinski definition) is 1. The Kier molecular flexibility index (Phi) is 6.21. The topological polar surface area (TPSA) is 62.3 Å². The van der Waals surface area contributed by atoms with Crippen LogP contribution >= 0.6 is 11.3 Å². The van der Waals surface area contributed by atoms with E-state index >= 15 is 0 Å². The van der Waals surface area contributed by atoms with Crippen molar-refractivity contribution in [2.45, 2.75) is 52.0 Å². The third kappa shape index (κ3) is 4.91. The van der Waals surface area contributed by atoms with Crippen LogP contribution in [0.2, 0.25) is 0 Å². The Balaban J connectivity index is 1.76. The lowest BCUT2D eigenvalue weighted by molar-refractivity contribution is -0.117. The Hall–Kier alpha value is -2.28. The smallest absolute Gasteiger partial charge is 0.254 e. The number of aromatic nitrogens is 1. The summed E-state index contributed by atoms with van der Waals surface area (Å²) in [7, 11) is 0. The quantitative estimate of drug-likeness (QED) is 0.829. The molecule has 0 saturated heterocycles. The highest BCUT2D eigenvalue weighted by atomic mass is 32.1. The maximum atomic E-state index is 13.6. The summed E-state index contributed by atoms with van der Waals surface area (Å²) in [4.78, 5) is 32.5. The van der Waals surface area contributed by atoms with Crippen LogP contribution in [0.3, 0.4) is 0 Å². The van der Waals surface area contributed by atoms with Crippen LogP contribution in [0.25, 0.3) is 0 Å². The van der Waals surface area contributed by atoms with Crippen LogP contribution in [-0.2, 0) is 4.79 Å². The molecule has 7 heteroatoms. The molecule has 3 rings (SSSR count). The van der Waals surface area contributed by atoms with E-state index in [4.69, 9.17) is 0 Å². The number of carbonyl (C=O) groups is 2. The normalized spacial score (nSPS) is 14.8. The zero-order valence-corrected chi connectivity index (χ0v) is 16.4. The maximum absolute atomic E-state index is 13.6. The predicted octanol–water partition coefficient (Wildman–Crippen LogP) is 4.31. The molecule has 0 bridgehead atoms. The fraction of sp³-hybridized carbons (Fsp3) is 0.450. The number of benzene rings is 1. The lowest BCUT2D eigenvalue weighted by Crippen LogP contribution is -2.45. The molecule has 2 amide bonds. The van der Waals surface area contributed by atoms with Gasteiger partial charge in [0.25, 0.3) is 5.91 Å². The number of hydrogen-bond acceptors (Lipinski definition) is 4. The third-order valence-electron chi connectivity index (χ3n) is 4.94. The molecule has 1 aromatic heterocycles. The fourth-order valence-electron chi connectivity index (χ4n) is 3.39. The lowest BCUT2D eigenvalue weighted by Gasteiger charge is -2.34. The van der Waals surface area contributed by atoms with Crippen molar-refractivity contribution in [2.75, 3.05) is 11.9 Å². The molecule has 0 unspecified atom stereocenters. The number of nitrogens with one attached hydrogen (secondary N) is 1. The average Bonchev–Trinajstić information content (AvgIpc) is 2.97. The Morgan fingerprint density at radius 2 is 2.00 bits per heavy atom. The van der Waals surface area contributed by atoms with Crippen LogP contribution in [-0.4, -0.2) is 34.3 Å². The van der Waals surface area contributed by atoms with Crippen LogP contribution in [0.5, 0.6) is 0 Å². The molecular formula is C20H24FN3O2S. The average molecular weight is 389 g/mol. The summed E-state index contributed by atoms with van der Waals surface area (Å²) in [5.74, 6) is -1.04.